The van der Waals surface area contributed by atoms with Crippen LogP contribution in [0.2, 0.25) is 0 Å². The summed E-state index contributed by atoms with van der Waals surface area (Å²) in [6, 6.07) is 33.2. The number of nitrogens with one attached hydrogen (secondary N) is 1. The van der Waals surface area contributed by atoms with Gasteiger partial charge in [-0.2, -0.15) is 5.10 Å². The Hall–Kier alpha value is -3.90. The average Bonchev–Trinajstić information content (AvgIpc) is 2.88. The van der Waals surface area contributed by atoms with E-state index in [2.05, 4.69) is 26.5 Å². The molecule has 0 radical (unpaired) electrons. The van der Waals surface area contributed by atoms with E-state index >= 15 is 0 Å². The second-order valence-corrected chi connectivity index (χ2v) is 8.34. The monoisotopic (exact) mass is 514 g/mol. The van der Waals surface area contributed by atoms with E-state index in [1.54, 1.807) is 6.21 Å². The molecule has 1 amide bonds. The van der Waals surface area contributed by atoms with Crippen molar-refractivity contribution >= 4 is 28.1 Å². The molecule has 0 saturated carbocycles. The van der Waals surface area contributed by atoms with Crippen LogP contribution in [0.3, 0.4) is 0 Å². The van der Waals surface area contributed by atoms with Crippen LogP contribution in [0.15, 0.2) is 113 Å². The lowest BCUT2D eigenvalue weighted by molar-refractivity contribution is -0.123. The summed E-state index contributed by atoms with van der Waals surface area (Å²) in [7, 11) is 0. The summed E-state index contributed by atoms with van der Waals surface area (Å²) in [6.07, 6.45) is 1.55. The highest BCUT2D eigenvalue weighted by Crippen LogP contribution is 2.23. The molecule has 0 aliphatic carbocycles. The van der Waals surface area contributed by atoms with E-state index in [4.69, 9.17) is 9.47 Å². The van der Waals surface area contributed by atoms with Crippen LogP contribution in [0, 0.1) is 0 Å². The van der Waals surface area contributed by atoms with Crippen molar-refractivity contribution in [2.45, 2.75) is 6.61 Å². The van der Waals surface area contributed by atoms with Crippen molar-refractivity contribution in [3.8, 4) is 22.6 Å². The minimum absolute atomic E-state index is 0.141. The summed E-state index contributed by atoms with van der Waals surface area (Å²) in [5.74, 6) is 0.923. The average molecular weight is 515 g/mol. The van der Waals surface area contributed by atoms with Gasteiger partial charge in [0.2, 0.25) is 0 Å². The fraction of sp³-hybridized carbons (Fsp3) is 0.0714. The number of hydrazone groups is 1. The van der Waals surface area contributed by atoms with Gasteiger partial charge in [0.1, 0.15) is 18.1 Å². The number of ether oxygens (including phenoxy) is 2. The van der Waals surface area contributed by atoms with Crippen LogP contribution >= 0.6 is 15.9 Å². The molecular formula is C28H23BrN2O3. The van der Waals surface area contributed by atoms with E-state index in [0.717, 1.165) is 26.7 Å². The highest BCUT2D eigenvalue weighted by atomic mass is 79.9. The third-order valence-corrected chi connectivity index (χ3v) is 5.43. The number of carbonyl (C=O) groups excluding carboxylic acids is 1. The first-order valence-corrected chi connectivity index (χ1v) is 11.5. The summed E-state index contributed by atoms with van der Waals surface area (Å²) < 4.78 is 12.4. The molecule has 4 aromatic rings. The van der Waals surface area contributed by atoms with E-state index in [9.17, 15) is 4.79 Å². The van der Waals surface area contributed by atoms with E-state index in [1.807, 2.05) is 103 Å². The van der Waals surface area contributed by atoms with Gasteiger partial charge in [0.25, 0.3) is 5.91 Å². The minimum Gasteiger partial charge on any atom is -0.488 e. The lowest BCUT2D eigenvalue weighted by Crippen LogP contribution is -2.24. The molecule has 170 valence electrons. The molecule has 34 heavy (non-hydrogen) atoms. The SMILES string of the molecule is O=C(COc1ccc(-c2ccccc2)cc1)N/N=C/c1cc(Br)ccc1OCc1ccccc1. The lowest BCUT2D eigenvalue weighted by Gasteiger charge is -2.10. The first-order valence-electron chi connectivity index (χ1n) is 10.7. The van der Waals surface area contributed by atoms with Crippen LogP contribution in [0.25, 0.3) is 11.1 Å². The van der Waals surface area contributed by atoms with Gasteiger partial charge in [0, 0.05) is 10.0 Å². The van der Waals surface area contributed by atoms with Gasteiger partial charge in [0.15, 0.2) is 6.61 Å². The summed E-state index contributed by atoms with van der Waals surface area (Å²) in [5.41, 5.74) is 6.51. The van der Waals surface area contributed by atoms with Crippen LogP contribution < -0.4 is 14.9 Å². The predicted molar refractivity (Wildman–Crippen MR) is 138 cm³/mol. The molecule has 0 unspecified atom stereocenters. The zero-order chi connectivity index (χ0) is 23.6. The van der Waals surface area contributed by atoms with Crippen molar-refractivity contribution in [3.63, 3.8) is 0 Å². The van der Waals surface area contributed by atoms with Crippen molar-refractivity contribution in [1.82, 2.24) is 5.43 Å². The topological polar surface area (TPSA) is 59.9 Å². The number of halogens is 1. The Morgan fingerprint density at radius 2 is 1.50 bits per heavy atom. The van der Waals surface area contributed by atoms with Crippen molar-refractivity contribution in [1.29, 1.82) is 0 Å². The highest BCUT2D eigenvalue weighted by molar-refractivity contribution is 9.10. The molecule has 0 aliphatic rings. The second-order valence-electron chi connectivity index (χ2n) is 7.43. The Labute approximate surface area is 207 Å². The normalized spacial score (nSPS) is 10.7. The molecule has 4 aromatic carbocycles. The van der Waals surface area contributed by atoms with Crippen LogP contribution in [-0.4, -0.2) is 18.7 Å². The molecule has 0 atom stereocenters. The molecule has 6 heteroatoms. The maximum atomic E-state index is 12.2. The van der Waals surface area contributed by atoms with Gasteiger partial charge >= 0.3 is 0 Å². The van der Waals surface area contributed by atoms with Crippen LogP contribution in [0.1, 0.15) is 11.1 Å². The Bertz CT molecular complexity index is 1240. The Morgan fingerprint density at radius 1 is 0.824 bits per heavy atom. The van der Waals surface area contributed by atoms with Crippen molar-refractivity contribution < 1.29 is 14.3 Å². The summed E-state index contributed by atoms with van der Waals surface area (Å²) in [4.78, 5) is 12.2. The summed E-state index contributed by atoms with van der Waals surface area (Å²) in [5, 5.41) is 4.06. The van der Waals surface area contributed by atoms with Crippen LogP contribution in [-0.2, 0) is 11.4 Å². The highest BCUT2D eigenvalue weighted by Gasteiger charge is 2.06. The van der Waals surface area contributed by atoms with Gasteiger partial charge in [0.05, 0.1) is 6.21 Å². The van der Waals surface area contributed by atoms with Gasteiger partial charge in [-0.1, -0.05) is 88.7 Å². The molecule has 0 heterocycles. The lowest BCUT2D eigenvalue weighted by atomic mass is 10.1. The molecule has 0 fully saturated rings. The van der Waals surface area contributed by atoms with Gasteiger partial charge in [-0.25, -0.2) is 5.43 Å². The number of carbonyl (C=O) groups is 1. The number of hydrogen-bond donors (Lipinski definition) is 1. The van der Waals surface area contributed by atoms with Gasteiger partial charge in [-0.15, -0.1) is 0 Å². The van der Waals surface area contributed by atoms with Gasteiger partial charge in [-0.3, -0.25) is 4.79 Å². The first-order chi connectivity index (χ1) is 16.7. The molecule has 0 saturated heterocycles. The second kappa shape index (κ2) is 11.8. The molecule has 0 aliphatic heterocycles. The Kier molecular flexibility index (Phi) is 8.08. The Morgan fingerprint density at radius 3 is 2.24 bits per heavy atom. The van der Waals surface area contributed by atoms with Gasteiger partial charge < -0.3 is 9.47 Å². The fourth-order valence-corrected chi connectivity index (χ4v) is 3.59. The van der Waals surface area contributed by atoms with Crippen molar-refractivity contribution in [2.75, 3.05) is 6.61 Å². The molecule has 5 nitrogen and oxygen atoms in total. The molecule has 1 N–H and O–H groups in total. The zero-order valence-corrected chi connectivity index (χ0v) is 19.9. The molecule has 4 rings (SSSR count). The van der Waals surface area contributed by atoms with E-state index in [0.29, 0.717) is 18.1 Å². The standard InChI is InChI=1S/C28H23BrN2O3/c29-25-13-16-27(34-19-21-7-3-1-4-8-21)24(17-25)18-30-31-28(32)20-33-26-14-11-23(12-15-26)22-9-5-2-6-10-22/h1-18H,19-20H2,(H,31,32)/b30-18+. The first kappa shape index (κ1) is 23.3. The van der Waals surface area contributed by atoms with E-state index in [-0.39, 0.29) is 12.5 Å². The van der Waals surface area contributed by atoms with E-state index in [1.165, 1.54) is 0 Å². The molecular weight excluding hydrogens is 492 g/mol. The predicted octanol–water partition coefficient (Wildman–Crippen LogP) is 6.22. The third-order valence-electron chi connectivity index (χ3n) is 4.93. The minimum atomic E-state index is -0.356. The molecule has 0 aromatic heterocycles. The number of amides is 1. The third kappa shape index (κ3) is 6.80. The summed E-state index contributed by atoms with van der Waals surface area (Å²) >= 11 is 3.46. The fourth-order valence-electron chi connectivity index (χ4n) is 3.22. The molecule has 0 bridgehead atoms. The smallest absolute Gasteiger partial charge is 0.277 e. The maximum Gasteiger partial charge on any atom is 0.277 e. The number of nitrogens with zero attached hydrogens (tertiary/aromatic N) is 1. The largest absolute Gasteiger partial charge is 0.488 e. The quantitative estimate of drug-likeness (QED) is 0.213. The van der Waals surface area contributed by atoms with Crippen molar-refractivity contribution in [2.24, 2.45) is 5.10 Å². The van der Waals surface area contributed by atoms with Gasteiger partial charge in [-0.05, 0) is 47.0 Å². The Balaban J connectivity index is 1.29. The number of benzene rings is 4. The zero-order valence-electron chi connectivity index (χ0n) is 18.4. The van der Waals surface area contributed by atoms with Crippen LogP contribution in [0.5, 0.6) is 11.5 Å². The number of hydrogen-bond acceptors (Lipinski definition) is 4. The number of rotatable bonds is 9. The van der Waals surface area contributed by atoms with E-state index < -0.39 is 0 Å². The molecule has 0 spiro atoms. The summed E-state index contributed by atoms with van der Waals surface area (Å²) in [6.45, 7) is 0.296. The maximum absolute atomic E-state index is 12.2. The van der Waals surface area contributed by atoms with Crippen molar-refractivity contribution in [3.05, 3.63) is 119 Å². The van der Waals surface area contributed by atoms with Crippen LogP contribution in [0.4, 0.5) is 0 Å².